The molecule has 1 aliphatic rings. The third-order valence-corrected chi connectivity index (χ3v) is 4.10. The Balaban J connectivity index is 0. The summed E-state index contributed by atoms with van der Waals surface area (Å²) in [6, 6.07) is 0. The van der Waals surface area contributed by atoms with Crippen LogP contribution in [0.1, 0.15) is 25.7 Å². The van der Waals surface area contributed by atoms with Crippen LogP contribution in [0.25, 0.3) is 0 Å². The second kappa shape index (κ2) is 9.87. The highest BCUT2D eigenvalue weighted by Crippen LogP contribution is 2.38. The molecule has 21 heavy (non-hydrogen) atoms. The molecular weight excluding hydrogens is 318 g/mol. The van der Waals surface area contributed by atoms with Gasteiger partial charge in [0.1, 0.15) is 5.54 Å². The summed E-state index contributed by atoms with van der Waals surface area (Å²) < 4.78 is 0. The number of hydrogen-bond donors (Lipinski definition) is 4. The lowest BCUT2D eigenvalue weighted by molar-refractivity contribution is -0.148. The third-order valence-electron chi connectivity index (χ3n) is 4.10. The third kappa shape index (κ3) is 6.71. The first-order chi connectivity index (χ1) is 8.75. The fourth-order valence-electron chi connectivity index (χ4n) is 3.03. The molecule has 0 amide bonds. The Labute approximate surface area is 139 Å². The van der Waals surface area contributed by atoms with Crippen molar-refractivity contribution in [1.82, 2.24) is 4.90 Å². The summed E-state index contributed by atoms with van der Waals surface area (Å²) in [5.74, 6) is -0.856. The molecule has 5 N–H and O–H groups in total. The Morgan fingerprint density at radius 1 is 1.33 bits per heavy atom. The van der Waals surface area contributed by atoms with E-state index in [0.29, 0.717) is 19.4 Å². The molecule has 0 aromatic rings. The van der Waals surface area contributed by atoms with E-state index < -0.39 is 18.6 Å². The van der Waals surface area contributed by atoms with Gasteiger partial charge in [-0.1, -0.05) is 6.42 Å². The standard InChI is InChI=1S/C12H25BN2O4.2ClH/c1-15(2)8-10-4-3-9(5-6-13(18)19)7-12(10,14)11(16)17;;/h9-10,18-19H,3-8,14H2,1-2H3,(H,16,17);2*1H/t9-,10-,12+;;/m0../s1. The summed E-state index contributed by atoms with van der Waals surface area (Å²) >= 11 is 0. The summed E-state index contributed by atoms with van der Waals surface area (Å²) in [7, 11) is 2.50. The number of carboxylic acids is 1. The van der Waals surface area contributed by atoms with Gasteiger partial charge in [0, 0.05) is 12.5 Å². The van der Waals surface area contributed by atoms with Gasteiger partial charge in [0.2, 0.25) is 0 Å². The summed E-state index contributed by atoms with van der Waals surface area (Å²) in [5.41, 5.74) is 4.94. The van der Waals surface area contributed by atoms with E-state index in [9.17, 15) is 9.90 Å². The van der Waals surface area contributed by atoms with Crippen molar-refractivity contribution < 1.29 is 19.9 Å². The Kier molecular flexibility index (Phi) is 10.9. The van der Waals surface area contributed by atoms with Crippen molar-refractivity contribution in [2.75, 3.05) is 20.6 Å². The topological polar surface area (TPSA) is 107 Å². The molecule has 0 aromatic heterocycles. The van der Waals surface area contributed by atoms with Gasteiger partial charge in [-0.05, 0) is 45.6 Å². The van der Waals surface area contributed by atoms with Crippen LogP contribution < -0.4 is 5.73 Å². The van der Waals surface area contributed by atoms with Gasteiger partial charge >= 0.3 is 13.1 Å². The Hall–Kier alpha value is -0.0451. The number of aliphatic carboxylic acids is 1. The number of nitrogens with zero attached hydrogens (tertiary/aromatic N) is 1. The second-order valence-electron chi connectivity index (χ2n) is 6.01. The smallest absolute Gasteiger partial charge is 0.451 e. The van der Waals surface area contributed by atoms with E-state index in [-0.39, 0.29) is 43.0 Å². The Morgan fingerprint density at radius 3 is 2.33 bits per heavy atom. The van der Waals surface area contributed by atoms with Crippen LogP contribution in [0, 0.1) is 11.8 Å². The van der Waals surface area contributed by atoms with Crippen LogP contribution in [0.2, 0.25) is 6.32 Å². The van der Waals surface area contributed by atoms with Crippen molar-refractivity contribution in [3.63, 3.8) is 0 Å². The molecule has 0 spiro atoms. The molecule has 1 aliphatic carbocycles. The molecule has 0 bridgehead atoms. The van der Waals surface area contributed by atoms with Crippen molar-refractivity contribution >= 4 is 37.9 Å². The predicted octanol–water partition coefficient (Wildman–Crippen LogP) is 0.453. The number of carbonyl (C=O) groups is 1. The summed E-state index contributed by atoms with van der Waals surface area (Å²) in [4.78, 5) is 13.5. The van der Waals surface area contributed by atoms with Gasteiger partial charge < -0.3 is 25.8 Å². The predicted molar refractivity (Wildman–Crippen MR) is 88.1 cm³/mol. The van der Waals surface area contributed by atoms with E-state index >= 15 is 0 Å². The van der Waals surface area contributed by atoms with E-state index in [0.717, 1.165) is 12.8 Å². The zero-order valence-electron chi connectivity index (χ0n) is 12.6. The van der Waals surface area contributed by atoms with Crippen LogP contribution in [-0.4, -0.2) is 59.3 Å². The minimum absolute atomic E-state index is 0. The molecule has 0 heterocycles. The summed E-state index contributed by atoms with van der Waals surface area (Å²) in [6.45, 7) is 0.665. The minimum Gasteiger partial charge on any atom is -0.480 e. The Bertz CT molecular complexity index is 324. The first-order valence-corrected chi connectivity index (χ1v) is 6.79. The van der Waals surface area contributed by atoms with Crippen molar-refractivity contribution in [2.24, 2.45) is 17.6 Å². The molecule has 1 fully saturated rings. The van der Waals surface area contributed by atoms with Crippen LogP contribution in [0.15, 0.2) is 0 Å². The lowest BCUT2D eigenvalue weighted by atomic mass is 9.66. The number of rotatable bonds is 6. The van der Waals surface area contributed by atoms with Crippen LogP contribution in [0.5, 0.6) is 0 Å². The van der Waals surface area contributed by atoms with Crippen molar-refractivity contribution in [3.8, 4) is 0 Å². The van der Waals surface area contributed by atoms with E-state index in [1.807, 2.05) is 19.0 Å². The monoisotopic (exact) mass is 344 g/mol. The largest absolute Gasteiger partial charge is 0.480 e. The molecule has 9 heteroatoms. The lowest BCUT2D eigenvalue weighted by Gasteiger charge is -2.42. The van der Waals surface area contributed by atoms with E-state index in [2.05, 4.69) is 0 Å². The zero-order valence-corrected chi connectivity index (χ0v) is 14.2. The van der Waals surface area contributed by atoms with Crippen LogP contribution >= 0.6 is 24.8 Å². The Morgan fingerprint density at radius 2 is 1.90 bits per heavy atom. The maximum atomic E-state index is 11.5. The van der Waals surface area contributed by atoms with E-state index in [4.69, 9.17) is 15.8 Å². The van der Waals surface area contributed by atoms with Gasteiger partial charge in [-0.3, -0.25) is 4.79 Å². The molecule has 0 radical (unpaired) electrons. The van der Waals surface area contributed by atoms with Gasteiger partial charge in [-0.25, -0.2) is 0 Å². The maximum Gasteiger partial charge on any atom is 0.451 e. The molecule has 1 saturated carbocycles. The highest BCUT2D eigenvalue weighted by atomic mass is 35.5. The van der Waals surface area contributed by atoms with Gasteiger partial charge in [-0.2, -0.15) is 0 Å². The normalized spacial score (nSPS) is 28.5. The fraction of sp³-hybridized carbons (Fsp3) is 0.917. The average Bonchev–Trinajstić information content (AvgIpc) is 2.29. The number of hydrogen-bond acceptors (Lipinski definition) is 5. The van der Waals surface area contributed by atoms with Crippen LogP contribution in [-0.2, 0) is 4.79 Å². The van der Waals surface area contributed by atoms with Gasteiger partial charge in [-0.15, -0.1) is 24.8 Å². The van der Waals surface area contributed by atoms with E-state index in [1.54, 1.807) is 0 Å². The first-order valence-electron chi connectivity index (χ1n) is 6.79. The molecule has 1 rings (SSSR count). The molecule has 0 aliphatic heterocycles. The van der Waals surface area contributed by atoms with Gasteiger partial charge in [0.05, 0.1) is 0 Å². The van der Waals surface area contributed by atoms with Gasteiger partial charge in [0.25, 0.3) is 0 Å². The molecule has 126 valence electrons. The van der Waals surface area contributed by atoms with Crippen molar-refractivity contribution in [1.29, 1.82) is 0 Å². The number of halogens is 2. The lowest BCUT2D eigenvalue weighted by Crippen LogP contribution is -2.59. The quantitative estimate of drug-likeness (QED) is 0.521. The summed E-state index contributed by atoms with van der Waals surface area (Å²) in [6.07, 6.45) is 2.97. The van der Waals surface area contributed by atoms with Crippen molar-refractivity contribution in [2.45, 2.75) is 37.5 Å². The summed E-state index contributed by atoms with van der Waals surface area (Å²) in [5, 5.41) is 27.2. The second-order valence-corrected chi connectivity index (χ2v) is 6.01. The molecular formula is C12H27BCl2N2O4. The highest BCUT2D eigenvalue weighted by Gasteiger charge is 2.46. The minimum atomic E-state index is -1.32. The fourth-order valence-corrected chi connectivity index (χ4v) is 3.03. The van der Waals surface area contributed by atoms with Crippen LogP contribution in [0.3, 0.4) is 0 Å². The molecule has 0 saturated heterocycles. The van der Waals surface area contributed by atoms with E-state index in [1.165, 1.54) is 0 Å². The van der Waals surface area contributed by atoms with Crippen LogP contribution in [0.4, 0.5) is 0 Å². The SMILES string of the molecule is CN(C)C[C@@H]1CC[C@@H](CCB(O)O)C[C@]1(N)C(=O)O.Cl.Cl. The first kappa shape index (κ1) is 23.2. The highest BCUT2D eigenvalue weighted by molar-refractivity contribution is 6.40. The molecule has 0 unspecified atom stereocenters. The molecule has 3 atom stereocenters. The number of nitrogens with two attached hydrogens (primary N) is 1. The van der Waals surface area contributed by atoms with Gasteiger partial charge in [0.15, 0.2) is 0 Å². The van der Waals surface area contributed by atoms with Crippen molar-refractivity contribution in [3.05, 3.63) is 0 Å². The molecule has 6 nitrogen and oxygen atoms in total. The average molecular weight is 345 g/mol. The molecule has 0 aromatic carbocycles. The number of carboxylic acid groups (broad SMARTS) is 1. The zero-order chi connectivity index (χ0) is 14.6. The maximum absolute atomic E-state index is 11.5.